The number of aromatic nitrogens is 1. The van der Waals surface area contributed by atoms with Crippen LogP contribution in [0.25, 0.3) is 10.4 Å². The Morgan fingerprint density at radius 3 is 2.63 bits per heavy atom. The number of amides is 2. The fourth-order valence-electron chi connectivity index (χ4n) is 3.00. The molecule has 0 aliphatic rings. The molecule has 0 saturated carbocycles. The molecule has 158 valence electrons. The third kappa shape index (κ3) is 4.55. The number of thiophene rings is 2. The fourth-order valence-corrected chi connectivity index (χ4v) is 4.95. The summed E-state index contributed by atoms with van der Waals surface area (Å²) in [5, 5.41) is 28.3. The van der Waals surface area contributed by atoms with E-state index < -0.39 is 23.6 Å². The van der Waals surface area contributed by atoms with Gasteiger partial charge in [0.15, 0.2) is 5.69 Å². The van der Waals surface area contributed by atoms with Crippen LogP contribution < -0.4 is 16.2 Å². The molecular formula is C20H21N3O5S2. The highest BCUT2D eigenvalue weighted by Crippen LogP contribution is 2.36. The van der Waals surface area contributed by atoms with E-state index in [4.69, 9.17) is 0 Å². The van der Waals surface area contributed by atoms with Crippen molar-refractivity contribution >= 4 is 40.4 Å². The number of nitrogens with zero attached hydrogens (tertiary/aromatic N) is 1. The van der Waals surface area contributed by atoms with Crippen LogP contribution in [0.4, 0.5) is 10.5 Å². The fraction of sp³-hybridized carbons (Fsp3) is 0.250. The van der Waals surface area contributed by atoms with Crippen molar-refractivity contribution in [1.82, 2.24) is 9.88 Å². The van der Waals surface area contributed by atoms with Crippen LogP contribution in [0.3, 0.4) is 0 Å². The molecule has 3 aromatic rings. The predicted molar refractivity (Wildman–Crippen MR) is 118 cm³/mol. The standard InChI is InChI=1S/C20H21N3O5S2/c1-10-6-15(12-4-5-29-9-12)30-18(10)13(8-16(25)26)21-20(28)22-17-14(24)7-11(2)23(3)19(17)27/h4-7,9,13,24H,8H2,1-3H3,(H,25,26)(H2,21,22,28)/t13-/m0/s1. The summed E-state index contributed by atoms with van der Waals surface area (Å²) in [4.78, 5) is 38.0. The third-order valence-corrected chi connectivity index (χ3v) is 6.73. The first-order chi connectivity index (χ1) is 14.2. The van der Waals surface area contributed by atoms with E-state index in [2.05, 4.69) is 10.6 Å². The first-order valence-electron chi connectivity index (χ1n) is 8.99. The summed E-state index contributed by atoms with van der Waals surface area (Å²) >= 11 is 2.97. The van der Waals surface area contributed by atoms with Crippen LogP contribution in [0.5, 0.6) is 5.75 Å². The monoisotopic (exact) mass is 447 g/mol. The van der Waals surface area contributed by atoms with Crippen molar-refractivity contribution in [3.05, 3.63) is 55.4 Å². The second-order valence-corrected chi connectivity index (χ2v) is 8.69. The largest absolute Gasteiger partial charge is 0.505 e. The minimum atomic E-state index is -1.07. The van der Waals surface area contributed by atoms with Crippen molar-refractivity contribution in [3.8, 4) is 16.2 Å². The van der Waals surface area contributed by atoms with E-state index in [9.17, 15) is 24.6 Å². The van der Waals surface area contributed by atoms with Gasteiger partial charge in [-0.3, -0.25) is 9.59 Å². The molecule has 2 amide bonds. The van der Waals surface area contributed by atoms with Crippen molar-refractivity contribution < 1.29 is 19.8 Å². The van der Waals surface area contributed by atoms with E-state index >= 15 is 0 Å². The van der Waals surface area contributed by atoms with E-state index in [1.54, 1.807) is 18.3 Å². The van der Waals surface area contributed by atoms with Crippen LogP contribution in [0.1, 0.15) is 28.6 Å². The highest BCUT2D eigenvalue weighted by Gasteiger charge is 2.24. The van der Waals surface area contributed by atoms with Crippen LogP contribution in [0, 0.1) is 13.8 Å². The Morgan fingerprint density at radius 1 is 1.27 bits per heavy atom. The van der Waals surface area contributed by atoms with E-state index in [0.717, 1.165) is 20.9 Å². The van der Waals surface area contributed by atoms with Gasteiger partial charge in [-0.05, 0) is 42.3 Å². The normalized spacial score (nSPS) is 11.8. The van der Waals surface area contributed by atoms with Gasteiger partial charge in [-0.15, -0.1) is 11.3 Å². The Bertz CT molecular complexity index is 1150. The summed E-state index contributed by atoms with van der Waals surface area (Å²) in [6.45, 7) is 3.51. The molecule has 0 fully saturated rings. The van der Waals surface area contributed by atoms with E-state index in [-0.39, 0.29) is 17.9 Å². The first kappa shape index (κ1) is 21.6. The number of carbonyl (C=O) groups is 2. The number of rotatable bonds is 6. The number of pyridine rings is 1. The van der Waals surface area contributed by atoms with E-state index in [1.807, 2.05) is 29.8 Å². The van der Waals surface area contributed by atoms with Gasteiger partial charge in [0.2, 0.25) is 0 Å². The molecule has 10 heteroatoms. The van der Waals surface area contributed by atoms with Crippen molar-refractivity contribution in [3.63, 3.8) is 0 Å². The van der Waals surface area contributed by atoms with Gasteiger partial charge >= 0.3 is 12.0 Å². The molecular weight excluding hydrogens is 426 g/mol. The lowest BCUT2D eigenvalue weighted by Crippen LogP contribution is -2.36. The molecule has 3 rings (SSSR count). The van der Waals surface area contributed by atoms with Crippen LogP contribution in [0.2, 0.25) is 0 Å². The maximum absolute atomic E-state index is 12.6. The van der Waals surface area contributed by atoms with Crippen LogP contribution >= 0.6 is 22.7 Å². The maximum Gasteiger partial charge on any atom is 0.320 e. The first-order valence-corrected chi connectivity index (χ1v) is 10.7. The lowest BCUT2D eigenvalue weighted by Gasteiger charge is -2.18. The van der Waals surface area contributed by atoms with E-state index in [1.165, 1.54) is 29.0 Å². The van der Waals surface area contributed by atoms with Crippen molar-refractivity contribution in [2.24, 2.45) is 7.05 Å². The summed E-state index contributed by atoms with van der Waals surface area (Å²) in [6.07, 6.45) is -0.324. The third-order valence-electron chi connectivity index (χ3n) is 4.65. The average molecular weight is 448 g/mol. The van der Waals surface area contributed by atoms with Gasteiger partial charge < -0.3 is 25.4 Å². The second-order valence-electron chi connectivity index (χ2n) is 6.83. The minimum absolute atomic E-state index is 0.267. The average Bonchev–Trinajstić information content (AvgIpc) is 3.32. The molecule has 1 atom stereocenters. The number of carboxylic acids is 1. The van der Waals surface area contributed by atoms with Crippen molar-refractivity contribution in [1.29, 1.82) is 0 Å². The lowest BCUT2D eigenvalue weighted by molar-refractivity contribution is -0.137. The zero-order valence-corrected chi connectivity index (χ0v) is 18.2. The topological polar surface area (TPSA) is 121 Å². The van der Waals surface area contributed by atoms with Gasteiger partial charge in [0.25, 0.3) is 5.56 Å². The quantitative estimate of drug-likeness (QED) is 0.458. The number of aromatic hydroxyl groups is 1. The summed E-state index contributed by atoms with van der Waals surface area (Å²) < 4.78 is 1.29. The molecule has 0 saturated heterocycles. The molecule has 30 heavy (non-hydrogen) atoms. The number of aliphatic carboxylic acids is 1. The number of anilines is 1. The highest BCUT2D eigenvalue weighted by molar-refractivity contribution is 7.16. The lowest BCUT2D eigenvalue weighted by atomic mass is 10.1. The van der Waals surface area contributed by atoms with Crippen molar-refractivity contribution in [2.45, 2.75) is 26.3 Å². The second kappa shape index (κ2) is 8.72. The van der Waals surface area contributed by atoms with Gasteiger partial charge in [-0.2, -0.15) is 11.3 Å². The van der Waals surface area contributed by atoms with Gasteiger partial charge in [-0.25, -0.2) is 4.79 Å². The molecule has 8 nitrogen and oxygen atoms in total. The molecule has 3 aromatic heterocycles. The number of hydrogen-bond donors (Lipinski definition) is 4. The van der Waals surface area contributed by atoms with Gasteiger partial charge in [0.05, 0.1) is 12.5 Å². The van der Waals surface area contributed by atoms with Gasteiger partial charge in [-0.1, -0.05) is 0 Å². The number of urea groups is 1. The predicted octanol–water partition coefficient (Wildman–Crippen LogP) is 3.84. The molecule has 0 unspecified atom stereocenters. The number of carboxylic acid groups (broad SMARTS) is 1. The molecule has 0 aliphatic carbocycles. The zero-order valence-electron chi connectivity index (χ0n) is 16.6. The Labute approximate surface area is 180 Å². The molecule has 0 spiro atoms. The summed E-state index contributed by atoms with van der Waals surface area (Å²) in [7, 11) is 1.52. The Hall–Kier alpha value is -3.11. The number of hydrogen-bond acceptors (Lipinski definition) is 6. The molecule has 0 radical (unpaired) electrons. The van der Waals surface area contributed by atoms with Gasteiger partial charge in [0.1, 0.15) is 5.75 Å². The minimum Gasteiger partial charge on any atom is -0.505 e. The maximum atomic E-state index is 12.6. The van der Waals surface area contributed by atoms with Crippen LogP contribution in [-0.2, 0) is 11.8 Å². The number of carbonyl (C=O) groups excluding carboxylic acids is 1. The van der Waals surface area contributed by atoms with E-state index in [0.29, 0.717) is 5.69 Å². The molecule has 3 heterocycles. The zero-order chi connectivity index (χ0) is 22.0. The smallest absolute Gasteiger partial charge is 0.320 e. The van der Waals surface area contributed by atoms with Crippen molar-refractivity contribution in [2.75, 3.05) is 5.32 Å². The number of nitrogens with one attached hydrogen (secondary N) is 2. The molecule has 4 N–H and O–H groups in total. The molecule has 0 aliphatic heterocycles. The Morgan fingerprint density at radius 2 is 2.00 bits per heavy atom. The van der Waals surface area contributed by atoms with Crippen LogP contribution in [0.15, 0.2) is 33.8 Å². The Balaban J connectivity index is 1.86. The van der Waals surface area contributed by atoms with Gasteiger partial charge in [0, 0.05) is 34.1 Å². The molecule has 0 bridgehead atoms. The SMILES string of the molecule is Cc1cc(-c2ccsc2)sc1[C@H](CC(=O)O)NC(=O)Nc1c(O)cc(C)n(C)c1=O. The number of aryl methyl sites for hydroxylation is 2. The summed E-state index contributed by atoms with van der Waals surface area (Å²) in [5.74, 6) is -1.42. The Kier molecular flexibility index (Phi) is 6.28. The van der Waals surface area contributed by atoms with Crippen LogP contribution in [-0.4, -0.2) is 26.8 Å². The molecule has 0 aromatic carbocycles. The summed E-state index contributed by atoms with van der Waals surface area (Å²) in [5.41, 5.74) is 1.59. The highest BCUT2D eigenvalue weighted by atomic mass is 32.1. The summed E-state index contributed by atoms with van der Waals surface area (Å²) in [6, 6.07) is 3.72.